The number of benzene rings is 1. The third-order valence-corrected chi connectivity index (χ3v) is 4.41. The van der Waals surface area contributed by atoms with Crippen molar-refractivity contribution in [3.05, 3.63) is 29.8 Å². The van der Waals surface area contributed by atoms with E-state index in [1.807, 2.05) is 24.3 Å². The second kappa shape index (κ2) is 7.97. The van der Waals surface area contributed by atoms with E-state index < -0.39 is 5.41 Å². The lowest BCUT2D eigenvalue weighted by Gasteiger charge is -2.34. The van der Waals surface area contributed by atoms with E-state index in [1.165, 1.54) is 0 Å². The molecule has 1 fully saturated rings. The average molecular weight is 320 g/mol. The minimum atomic E-state index is -0.682. The number of hydrogen-bond donors (Lipinski definition) is 2. The van der Waals surface area contributed by atoms with Gasteiger partial charge in [-0.3, -0.25) is 9.59 Å². The molecule has 3 N–H and O–H groups in total. The number of para-hydroxylation sites is 1. The number of amides is 2. The number of nitrogens with one attached hydrogen (secondary N) is 1. The van der Waals surface area contributed by atoms with E-state index in [-0.39, 0.29) is 18.4 Å². The van der Waals surface area contributed by atoms with E-state index in [0.29, 0.717) is 38.9 Å². The van der Waals surface area contributed by atoms with Crippen LogP contribution in [-0.4, -0.2) is 38.7 Å². The third kappa shape index (κ3) is 4.45. The zero-order chi connectivity index (χ0) is 16.7. The van der Waals surface area contributed by atoms with Gasteiger partial charge < -0.3 is 20.5 Å². The van der Waals surface area contributed by atoms with Crippen LogP contribution in [0, 0.1) is 5.41 Å². The summed E-state index contributed by atoms with van der Waals surface area (Å²) in [5.74, 6) is 0.312. The maximum Gasteiger partial charge on any atom is 0.225 e. The van der Waals surface area contributed by atoms with Gasteiger partial charge in [-0.15, -0.1) is 0 Å². The Morgan fingerprint density at radius 3 is 2.65 bits per heavy atom. The smallest absolute Gasteiger partial charge is 0.225 e. The quantitative estimate of drug-likeness (QED) is 0.785. The largest absolute Gasteiger partial charge is 0.496 e. The van der Waals surface area contributed by atoms with Gasteiger partial charge in [-0.1, -0.05) is 18.2 Å². The van der Waals surface area contributed by atoms with Crippen LogP contribution in [0.25, 0.3) is 0 Å². The Bertz CT molecular complexity index is 553. The van der Waals surface area contributed by atoms with Crippen LogP contribution in [0.15, 0.2) is 24.3 Å². The van der Waals surface area contributed by atoms with E-state index in [0.717, 1.165) is 11.3 Å². The first-order valence-electron chi connectivity index (χ1n) is 7.84. The lowest BCUT2D eigenvalue weighted by molar-refractivity contribution is -0.134. The number of carbonyl (C=O) groups is 2. The fraction of sp³-hybridized carbons (Fsp3) is 0.529. The summed E-state index contributed by atoms with van der Waals surface area (Å²) in [6, 6.07) is 7.62. The number of primary amides is 1. The lowest BCUT2D eigenvalue weighted by Crippen LogP contribution is -2.49. The number of carbonyl (C=O) groups excluding carboxylic acids is 2. The van der Waals surface area contributed by atoms with E-state index in [2.05, 4.69) is 5.32 Å². The molecule has 6 heteroatoms. The van der Waals surface area contributed by atoms with Crippen molar-refractivity contribution in [1.29, 1.82) is 0 Å². The van der Waals surface area contributed by atoms with Crippen LogP contribution < -0.4 is 15.8 Å². The summed E-state index contributed by atoms with van der Waals surface area (Å²) in [5.41, 5.74) is 5.83. The number of hydrogen-bond acceptors (Lipinski definition) is 4. The summed E-state index contributed by atoms with van der Waals surface area (Å²) in [7, 11) is 1.61. The molecule has 0 atom stereocenters. The molecule has 2 rings (SSSR count). The van der Waals surface area contributed by atoms with Gasteiger partial charge in [0.15, 0.2) is 0 Å². The molecule has 0 saturated carbocycles. The third-order valence-electron chi connectivity index (χ3n) is 4.41. The van der Waals surface area contributed by atoms with Crippen LogP contribution in [0.3, 0.4) is 0 Å². The summed E-state index contributed by atoms with van der Waals surface area (Å²) >= 11 is 0. The number of ether oxygens (including phenoxy) is 2. The van der Waals surface area contributed by atoms with Gasteiger partial charge in [-0.05, 0) is 30.9 Å². The molecule has 0 radical (unpaired) electrons. The van der Waals surface area contributed by atoms with Crippen molar-refractivity contribution in [3.63, 3.8) is 0 Å². The molecule has 6 nitrogen and oxygen atoms in total. The van der Waals surface area contributed by atoms with Gasteiger partial charge >= 0.3 is 0 Å². The molecule has 1 aliphatic heterocycles. The predicted molar refractivity (Wildman–Crippen MR) is 86.0 cm³/mol. The predicted octanol–water partition coefficient (Wildman–Crippen LogP) is 1.03. The van der Waals surface area contributed by atoms with Gasteiger partial charge in [0.2, 0.25) is 11.8 Å². The maximum atomic E-state index is 12.1. The molecule has 23 heavy (non-hydrogen) atoms. The lowest BCUT2D eigenvalue weighted by atomic mass is 9.79. The van der Waals surface area contributed by atoms with Crippen molar-refractivity contribution in [1.82, 2.24) is 5.32 Å². The molecule has 126 valence electrons. The molecule has 1 heterocycles. The van der Waals surface area contributed by atoms with Gasteiger partial charge in [-0.2, -0.15) is 0 Å². The summed E-state index contributed by atoms with van der Waals surface area (Å²) in [5, 5.41) is 2.85. The summed E-state index contributed by atoms with van der Waals surface area (Å²) in [6.45, 7) is 1.27. The highest BCUT2D eigenvalue weighted by Gasteiger charge is 2.38. The first-order chi connectivity index (χ1) is 11.1. The topological polar surface area (TPSA) is 90.6 Å². The van der Waals surface area contributed by atoms with Crippen molar-refractivity contribution in [2.24, 2.45) is 11.1 Å². The van der Waals surface area contributed by atoms with E-state index >= 15 is 0 Å². The Balaban J connectivity index is 1.86. The molecular formula is C17H24N2O4. The second-order valence-electron chi connectivity index (χ2n) is 5.85. The van der Waals surface area contributed by atoms with Crippen LogP contribution in [0.2, 0.25) is 0 Å². The van der Waals surface area contributed by atoms with Crippen LogP contribution in [0.1, 0.15) is 24.8 Å². The molecule has 0 aromatic heterocycles. The standard InChI is InChI=1S/C17H24N2O4/c1-22-14-5-3-2-4-13(14)6-7-15(20)19-12-17(16(18)21)8-10-23-11-9-17/h2-5H,6-12H2,1H3,(H2,18,21)(H,19,20). The van der Waals surface area contributed by atoms with E-state index in [4.69, 9.17) is 15.2 Å². The van der Waals surface area contributed by atoms with Gasteiger partial charge in [0, 0.05) is 26.2 Å². The first kappa shape index (κ1) is 17.3. The average Bonchev–Trinajstić information content (AvgIpc) is 2.59. The zero-order valence-electron chi connectivity index (χ0n) is 13.5. The number of nitrogens with two attached hydrogens (primary N) is 1. The molecule has 1 aliphatic rings. The Morgan fingerprint density at radius 1 is 1.30 bits per heavy atom. The van der Waals surface area contributed by atoms with Crippen molar-refractivity contribution in [2.75, 3.05) is 26.9 Å². The summed E-state index contributed by atoms with van der Waals surface area (Å²) in [4.78, 5) is 23.8. The normalized spacial score (nSPS) is 16.6. The van der Waals surface area contributed by atoms with Gasteiger partial charge in [-0.25, -0.2) is 0 Å². The highest BCUT2D eigenvalue weighted by Crippen LogP contribution is 2.29. The molecule has 1 saturated heterocycles. The van der Waals surface area contributed by atoms with E-state index in [9.17, 15) is 9.59 Å². The number of aryl methyl sites for hydroxylation is 1. The molecule has 1 aromatic carbocycles. The van der Waals surface area contributed by atoms with Gasteiger partial charge in [0.25, 0.3) is 0 Å². The first-order valence-corrected chi connectivity index (χ1v) is 7.84. The fourth-order valence-corrected chi connectivity index (χ4v) is 2.79. The summed E-state index contributed by atoms with van der Waals surface area (Å²) < 4.78 is 10.6. The van der Waals surface area contributed by atoms with Crippen LogP contribution in [-0.2, 0) is 20.7 Å². The molecular weight excluding hydrogens is 296 g/mol. The molecule has 0 unspecified atom stereocenters. The molecule has 0 aliphatic carbocycles. The summed E-state index contributed by atoms with van der Waals surface area (Å²) in [6.07, 6.45) is 2.03. The molecule has 0 bridgehead atoms. The van der Waals surface area contributed by atoms with Crippen molar-refractivity contribution >= 4 is 11.8 Å². The van der Waals surface area contributed by atoms with Crippen molar-refractivity contribution in [2.45, 2.75) is 25.7 Å². The molecule has 0 spiro atoms. The zero-order valence-corrected chi connectivity index (χ0v) is 13.5. The van der Waals surface area contributed by atoms with Crippen LogP contribution in [0.4, 0.5) is 0 Å². The fourth-order valence-electron chi connectivity index (χ4n) is 2.79. The molecule has 1 aromatic rings. The highest BCUT2D eigenvalue weighted by molar-refractivity contribution is 5.83. The van der Waals surface area contributed by atoms with Crippen molar-refractivity contribution in [3.8, 4) is 5.75 Å². The monoisotopic (exact) mass is 320 g/mol. The Hall–Kier alpha value is -2.08. The minimum Gasteiger partial charge on any atom is -0.496 e. The Labute approximate surface area is 136 Å². The van der Waals surface area contributed by atoms with Crippen LogP contribution in [0.5, 0.6) is 5.75 Å². The minimum absolute atomic E-state index is 0.0944. The van der Waals surface area contributed by atoms with Gasteiger partial charge in [0.1, 0.15) is 5.75 Å². The Morgan fingerprint density at radius 2 is 2.00 bits per heavy atom. The Kier molecular flexibility index (Phi) is 5.98. The second-order valence-corrected chi connectivity index (χ2v) is 5.85. The van der Waals surface area contributed by atoms with E-state index in [1.54, 1.807) is 7.11 Å². The van der Waals surface area contributed by atoms with Gasteiger partial charge in [0.05, 0.1) is 12.5 Å². The maximum absolute atomic E-state index is 12.1. The number of rotatable bonds is 7. The molecule has 2 amide bonds. The highest BCUT2D eigenvalue weighted by atomic mass is 16.5. The van der Waals surface area contributed by atoms with Crippen molar-refractivity contribution < 1.29 is 19.1 Å². The number of methoxy groups -OCH3 is 1. The SMILES string of the molecule is COc1ccccc1CCC(=O)NCC1(C(N)=O)CCOCC1. The van der Waals surface area contributed by atoms with Crippen LogP contribution >= 0.6 is 0 Å².